The molecular weight excluding hydrogens is 775 g/mol. The van der Waals surface area contributed by atoms with E-state index in [1.54, 1.807) is 12.4 Å². The van der Waals surface area contributed by atoms with Gasteiger partial charge in [-0.25, -0.2) is 0 Å². The van der Waals surface area contributed by atoms with Crippen molar-refractivity contribution in [3.63, 3.8) is 0 Å². The molecule has 0 amide bonds. The molecule has 14 heteroatoms. The predicted octanol–water partition coefficient (Wildman–Crippen LogP) is 7.78. The first-order valence-corrected chi connectivity index (χ1v) is 16.5. The monoisotopic (exact) mass is 802 g/mol. The van der Waals surface area contributed by atoms with Crippen LogP contribution in [0.3, 0.4) is 0 Å². The summed E-state index contributed by atoms with van der Waals surface area (Å²) in [5.41, 5.74) is 18.4. The first-order valence-electron chi connectivity index (χ1n) is 14.2. The van der Waals surface area contributed by atoms with Crippen molar-refractivity contribution in [2.75, 3.05) is 11.5 Å². The van der Waals surface area contributed by atoms with Crippen LogP contribution in [0.2, 0.25) is 10.0 Å². The number of carbonyl (C=O) groups is 2. The Hall–Kier alpha value is -4.10. The summed E-state index contributed by atoms with van der Waals surface area (Å²) >= 11 is 19.3. The number of nitrogen functional groups attached to an aromatic ring is 2. The molecule has 4 heterocycles. The Balaban J connectivity index is 0.000000178. The molecule has 4 aromatic heterocycles. The molecular formula is C33H30Br2Cl2N6O4. The van der Waals surface area contributed by atoms with Gasteiger partial charge in [-0.3, -0.25) is 28.4 Å². The minimum Gasteiger partial charge on any atom is -0.481 e. The van der Waals surface area contributed by atoms with E-state index in [9.17, 15) is 9.59 Å². The molecule has 2 aromatic carbocycles. The van der Waals surface area contributed by atoms with Crippen LogP contribution in [-0.4, -0.2) is 40.9 Å². The summed E-state index contributed by atoms with van der Waals surface area (Å²) < 4.78 is 5.67. The van der Waals surface area contributed by atoms with Crippen molar-refractivity contribution in [3.05, 3.63) is 127 Å². The molecule has 0 aliphatic heterocycles. The molecule has 0 bridgehead atoms. The van der Waals surface area contributed by atoms with E-state index in [0.29, 0.717) is 11.6 Å². The number of halogens is 4. The van der Waals surface area contributed by atoms with E-state index in [1.165, 1.54) is 0 Å². The van der Waals surface area contributed by atoms with Crippen LogP contribution in [0.1, 0.15) is 28.9 Å². The van der Waals surface area contributed by atoms with Crippen LogP contribution in [-0.2, 0) is 35.3 Å². The van der Waals surface area contributed by atoms with Crippen LogP contribution >= 0.6 is 55.1 Å². The van der Waals surface area contributed by atoms with Crippen LogP contribution in [0.25, 0.3) is 11.0 Å². The van der Waals surface area contributed by atoms with Crippen molar-refractivity contribution in [1.29, 1.82) is 0 Å². The SMILES string of the molecule is Nc1c(Br)cc2c(CCc3ccccc3Cl)nccn12.Nc1c(Br)cc2c(CCc3ccccc3Cl)nccn12.O=C(O)CC(=O)O. The van der Waals surface area contributed by atoms with Crippen molar-refractivity contribution < 1.29 is 19.8 Å². The van der Waals surface area contributed by atoms with E-state index < -0.39 is 18.4 Å². The lowest BCUT2D eigenvalue weighted by Crippen LogP contribution is -2.03. The van der Waals surface area contributed by atoms with Crippen molar-refractivity contribution in [2.24, 2.45) is 0 Å². The normalized spacial score (nSPS) is 10.6. The molecule has 0 atom stereocenters. The Kier molecular flexibility index (Phi) is 12.7. The molecule has 244 valence electrons. The second-order valence-corrected chi connectivity index (χ2v) is 12.7. The van der Waals surface area contributed by atoms with Crippen LogP contribution in [0.5, 0.6) is 0 Å². The highest BCUT2D eigenvalue weighted by Gasteiger charge is 2.11. The van der Waals surface area contributed by atoms with Gasteiger partial charge in [-0.2, -0.15) is 0 Å². The van der Waals surface area contributed by atoms with Gasteiger partial charge in [0.15, 0.2) is 0 Å². The van der Waals surface area contributed by atoms with Crippen molar-refractivity contribution in [1.82, 2.24) is 18.8 Å². The van der Waals surface area contributed by atoms with Crippen molar-refractivity contribution in [2.45, 2.75) is 32.1 Å². The first kappa shape index (κ1) is 35.7. The summed E-state index contributed by atoms with van der Waals surface area (Å²) in [4.78, 5) is 27.8. The summed E-state index contributed by atoms with van der Waals surface area (Å²) in [6.45, 7) is 0. The highest BCUT2D eigenvalue weighted by Crippen LogP contribution is 2.28. The highest BCUT2D eigenvalue weighted by atomic mass is 79.9. The summed E-state index contributed by atoms with van der Waals surface area (Å²) in [6.07, 6.45) is 9.84. The lowest BCUT2D eigenvalue weighted by Gasteiger charge is -2.06. The highest BCUT2D eigenvalue weighted by molar-refractivity contribution is 9.11. The van der Waals surface area contributed by atoms with Gasteiger partial charge >= 0.3 is 11.9 Å². The summed E-state index contributed by atoms with van der Waals surface area (Å²) in [5.74, 6) is -1.23. The van der Waals surface area contributed by atoms with Gasteiger partial charge in [0.25, 0.3) is 0 Å². The molecule has 0 radical (unpaired) electrons. The number of aryl methyl sites for hydroxylation is 4. The van der Waals surface area contributed by atoms with Gasteiger partial charge in [0.05, 0.1) is 31.4 Å². The van der Waals surface area contributed by atoms with E-state index in [4.69, 9.17) is 44.9 Å². The average molecular weight is 805 g/mol. The zero-order chi connectivity index (χ0) is 34.1. The number of carboxylic acids is 2. The van der Waals surface area contributed by atoms with E-state index in [1.807, 2.05) is 81.9 Å². The summed E-state index contributed by atoms with van der Waals surface area (Å²) in [6, 6.07) is 19.8. The number of hydrogen-bond donors (Lipinski definition) is 4. The maximum Gasteiger partial charge on any atom is 0.314 e. The van der Waals surface area contributed by atoms with E-state index in [2.05, 4.69) is 41.8 Å². The molecule has 6 rings (SSSR count). The molecule has 6 N–H and O–H groups in total. The Morgan fingerprint density at radius 3 is 1.40 bits per heavy atom. The predicted molar refractivity (Wildman–Crippen MR) is 192 cm³/mol. The Morgan fingerprint density at radius 1 is 0.681 bits per heavy atom. The minimum absolute atomic E-state index is 0.696. The van der Waals surface area contributed by atoms with Crippen LogP contribution in [0.4, 0.5) is 11.6 Å². The van der Waals surface area contributed by atoms with E-state index >= 15 is 0 Å². The van der Waals surface area contributed by atoms with Gasteiger partial charge in [0, 0.05) is 34.8 Å². The number of nitrogens with zero attached hydrogens (tertiary/aromatic N) is 4. The van der Waals surface area contributed by atoms with Gasteiger partial charge < -0.3 is 21.7 Å². The lowest BCUT2D eigenvalue weighted by atomic mass is 10.1. The van der Waals surface area contributed by atoms with Crippen LogP contribution < -0.4 is 11.5 Å². The van der Waals surface area contributed by atoms with E-state index in [-0.39, 0.29) is 0 Å². The molecule has 0 aliphatic carbocycles. The molecule has 0 aliphatic rings. The number of anilines is 2. The number of fused-ring (bicyclic) bond motifs is 2. The number of benzene rings is 2. The smallest absolute Gasteiger partial charge is 0.314 e. The quantitative estimate of drug-likeness (QED) is 0.114. The van der Waals surface area contributed by atoms with Crippen molar-refractivity contribution in [3.8, 4) is 0 Å². The lowest BCUT2D eigenvalue weighted by molar-refractivity contribution is -0.147. The number of nitrogens with two attached hydrogens (primary N) is 2. The van der Waals surface area contributed by atoms with Crippen molar-refractivity contribution >= 4 is 89.7 Å². The fourth-order valence-electron chi connectivity index (χ4n) is 4.72. The second kappa shape index (κ2) is 16.6. The minimum atomic E-state index is -1.31. The molecule has 0 saturated carbocycles. The van der Waals surface area contributed by atoms with Crippen LogP contribution in [0, 0.1) is 0 Å². The number of aliphatic carboxylic acids is 2. The molecule has 0 fully saturated rings. The van der Waals surface area contributed by atoms with Gasteiger partial charge in [-0.05, 0) is 92.9 Å². The van der Waals surface area contributed by atoms with Gasteiger partial charge in [-0.1, -0.05) is 59.6 Å². The summed E-state index contributed by atoms with van der Waals surface area (Å²) in [7, 11) is 0. The molecule has 6 aromatic rings. The third kappa shape index (κ3) is 9.48. The zero-order valence-electron chi connectivity index (χ0n) is 24.8. The number of aromatic nitrogens is 4. The molecule has 0 spiro atoms. The second-order valence-electron chi connectivity index (χ2n) is 10.2. The van der Waals surface area contributed by atoms with Gasteiger partial charge in [0.2, 0.25) is 0 Å². The molecule has 0 unspecified atom stereocenters. The summed E-state index contributed by atoms with van der Waals surface area (Å²) in [5, 5.41) is 17.0. The van der Waals surface area contributed by atoms with Crippen LogP contribution in [0.15, 0.2) is 94.4 Å². The fraction of sp³-hybridized carbons (Fsp3) is 0.152. The van der Waals surface area contributed by atoms with Gasteiger partial charge in [-0.15, -0.1) is 0 Å². The molecule has 47 heavy (non-hydrogen) atoms. The third-order valence-electron chi connectivity index (χ3n) is 7.02. The topological polar surface area (TPSA) is 161 Å². The van der Waals surface area contributed by atoms with Gasteiger partial charge in [0.1, 0.15) is 18.1 Å². The Bertz CT molecular complexity index is 1890. The number of rotatable bonds is 8. The maximum atomic E-state index is 9.43. The molecule has 0 saturated heterocycles. The number of hydrogen-bond acceptors (Lipinski definition) is 6. The Labute approximate surface area is 297 Å². The average Bonchev–Trinajstić information content (AvgIpc) is 3.50. The first-order chi connectivity index (χ1) is 22.5. The van der Waals surface area contributed by atoms with E-state index in [0.717, 1.165) is 78.2 Å². The standard InChI is InChI=1S/2C15H13BrClN3.C3H4O4/c2*16-11-9-14-13(19-7-8-20(14)15(11)18)6-5-10-3-1-2-4-12(10)17;4-2(5)1-3(6)7/h2*1-4,7-9H,5-6,18H2;1H2,(H,4,5)(H,6,7). The Morgan fingerprint density at radius 2 is 1.06 bits per heavy atom. The zero-order valence-corrected chi connectivity index (χ0v) is 29.5. The number of carboxylic acid groups (broad SMARTS) is 2. The third-order valence-corrected chi connectivity index (χ3v) is 9.03. The molecule has 10 nitrogen and oxygen atoms in total. The maximum absolute atomic E-state index is 9.43. The largest absolute Gasteiger partial charge is 0.481 e. The fourth-order valence-corrected chi connectivity index (χ4v) is 5.99.